The average molecular weight is 965 g/mol. The van der Waals surface area contributed by atoms with Crippen LogP contribution in [-0.4, -0.2) is 0 Å². The molecule has 0 bridgehead atoms. The van der Waals surface area contributed by atoms with Crippen LogP contribution in [-0.2, 0) is 16.2 Å². The van der Waals surface area contributed by atoms with E-state index in [9.17, 15) is 0 Å². The zero-order valence-corrected chi connectivity index (χ0v) is 45.0. The monoisotopic (exact) mass is 965 g/mol. The van der Waals surface area contributed by atoms with E-state index in [4.69, 9.17) is 4.42 Å². The summed E-state index contributed by atoms with van der Waals surface area (Å²) in [6, 6.07) is 76.8. The van der Waals surface area contributed by atoms with Gasteiger partial charge in [0.2, 0.25) is 0 Å². The molecule has 0 unspecified atom stereocenters. The van der Waals surface area contributed by atoms with Crippen LogP contribution < -0.4 is 9.80 Å². The molecule has 10 aromatic carbocycles. The molecule has 368 valence electrons. The third kappa shape index (κ3) is 9.26. The van der Waals surface area contributed by atoms with E-state index in [1.165, 1.54) is 55.3 Å². The van der Waals surface area contributed by atoms with Crippen molar-refractivity contribution in [1.29, 1.82) is 0 Å². The molecule has 11 rings (SSSR count). The fraction of sp³-hybridized carbons (Fsp3) is 0.211. The molecule has 0 spiro atoms. The van der Waals surface area contributed by atoms with Gasteiger partial charge in [0.15, 0.2) is 0 Å². The lowest BCUT2D eigenvalue weighted by molar-refractivity contribution is 0.590. The van der Waals surface area contributed by atoms with Crippen LogP contribution in [0.3, 0.4) is 0 Å². The van der Waals surface area contributed by atoms with Crippen molar-refractivity contribution in [2.24, 2.45) is 0 Å². The lowest BCUT2D eigenvalue weighted by atomic mass is 9.86. The zero-order valence-electron chi connectivity index (χ0n) is 45.0. The number of benzene rings is 10. The molecule has 0 saturated carbocycles. The first-order valence-corrected chi connectivity index (χ1v) is 26.4. The fourth-order valence-corrected chi connectivity index (χ4v) is 10.6. The van der Waals surface area contributed by atoms with Gasteiger partial charge in [-0.25, -0.2) is 0 Å². The van der Waals surface area contributed by atoms with Crippen molar-refractivity contribution in [3.05, 3.63) is 229 Å². The second-order valence-electron chi connectivity index (χ2n) is 23.8. The Morgan fingerprint density at radius 2 is 0.689 bits per heavy atom. The molecule has 0 amide bonds. The van der Waals surface area contributed by atoms with Crippen LogP contribution in [0.2, 0.25) is 0 Å². The minimum atomic E-state index is 0.0390. The summed E-state index contributed by atoms with van der Waals surface area (Å²) in [6.07, 6.45) is 0. The van der Waals surface area contributed by atoms with E-state index in [0.717, 1.165) is 66.8 Å². The van der Waals surface area contributed by atoms with Gasteiger partial charge in [-0.1, -0.05) is 197 Å². The van der Waals surface area contributed by atoms with Crippen LogP contribution in [0.1, 0.15) is 104 Å². The summed E-state index contributed by atoms with van der Waals surface area (Å²) < 4.78 is 6.88. The molecule has 0 saturated heterocycles. The number of anilines is 6. The molecule has 0 atom stereocenters. The molecular weight excluding hydrogens is 897 g/mol. The molecule has 11 aromatic rings. The summed E-state index contributed by atoms with van der Waals surface area (Å²) in [6.45, 7) is 24.9. The summed E-state index contributed by atoms with van der Waals surface area (Å²) in [4.78, 5) is 4.82. The van der Waals surface area contributed by atoms with E-state index < -0.39 is 0 Å². The first-order valence-electron chi connectivity index (χ1n) is 26.4. The summed E-state index contributed by atoms with van der Waals surface area (Å²) in [5.74, 6) is 0.468. The fourth-order valence-electron chi connectivity index (χ4n) is 10.6. The molecule has 1 aromatic heterocycles. The predicted octanol–water partition coefficient (Wildman–Crippen LogP) is 21.2. The summed E-state index contributed by atoms with van der Waals surface area (Å²) in [5.41, 5.74) is 18.6. The number of rotatable bonds is 9. The Morgan fingerprint density at radius 1 is 0.338 bits per heavy atom. The molecule has 3 heteroatoms. The van der Waals surface area contributed by atoms with Gasteiger partial charge in [-0.3, -0.25) is 0 Å². The van der Waals surface area contributed by atoms with Crippen molar-refractivity contribution in [3.8, 4) is 22.3 Å². The zero-order chi connectivity index (χ0) is 51.7. The molecule has 0 N–H and O–H groups in total. The number of para-hydroxylation sites is 2. The van der Waals surface area contributed by atoms with Gasteiger partial charge in [0.1, 0.15) is 11.2 Å². The molecule has 3 nitrogen and oxygen atoms in total. The van der Waals surface area contributed by atoms with Gasteiger partial charge in [0.05, 0.1) is 11.4 Å². The van der Waals surface area contributed by atoms with E-state index in [-0.39, 0.29) is 16.2 Å². The predicted molar refractivity (Wildman–Crippen MR) is 319 cm³/mol. The number of fused-ring (bicyclic) bond motifs is 5. The third-order valence-electron chi connectivity index (χ3n) is 15.1. The topological polar surface area (TPSA) is 19.6 Å². The number of hydrogen-bond donors (Lipinski definition) is 0. The highest BCUT2D eigenvalue weighted by Crippen LogP contribution is 2.46. The number of hydrogen-bond acceptors (Lipinski definition) is 3. The van der Waals surface area contributed by atoms with Gasteiger partial charge in [0.25, 0.3) is 0 Å². The Labute approximate surface area is 438 Å². The second-order valence-corrected chi connectivity index (χ2v) is 23.8. The molecular formula is C71H68N2O. The molecule has 0 aliphatic heterocycles. The van der Waals surface area contributed by atoms with E-state index in [1.807, 2.05) is 0 Å². The van der Waals surface area contributed by atoms with Crippen LogP contribution in [0.5, 0.6) is 0 Å². The van der Waals surface area contributed by atoms with Crippen molar-refractivity contribution in [2.45, 2.75) is 98.3 Å². The minimum absolute atomic E-state index is 0.0390. The van der Waals surface area contributed by atoms with Crippen LogP contribution >= 0.6 is 0 Å². The summed E-state index contributed by atoms with van der Waals surface area (Å²) >= 11 is 0. The van der Waals surface area contributed by atoms with Crippen molar-refractivity contribution >= 4 is 77.6 Å². The smallest absolute Gasteiger partial charge is 0.136 e. The van der Waals surface area contributed by atoms with Crippen molar-refractivity contribution < 1.29 is 4.42 Å². The SMILES string of the molecule is CC(C)c1ccc(-c2ccccc2N(c2ccc(C(C)(C)C)cc2)c2ccc3cc4c(cc3c2)oc2cc3cc(N(c5ccc(C(C)(C)C)cc5)c5ccccc5-c5ccc(C(C)(C)C)cc5)ccc3cc24)cc1. The Morgan fingerprint density at radius 3 is 1.07 bits per heavy atom. The Kier molecular flexibility index (Phi) is 12.1. The minimum Gasteiger partial charge on any atom is -0.456 e. The Balaban J connectivity index is 1.01. The maximum absolute atomic E-state index is 6.88. The molecule has 0 fully saturated rings. The molecule has 0 radical (unpaired) electrons. The largest absolute Gasteiger partial charge is 0.456 e. The van der Waals surface area contributed by atoms with Crippen molar-refractivity contribution in [2.75, 3.05) is 9.80 Å². The maximum Gasteiger partial charge on any atom is 0.136 e. The quantitative estimate of drug-likeness (QED) is 0.144. The molecule has 1 heterocycles. The van der Waals surface area contributed by atoms with Gasteiger partial charge in [0, 0.05) is 44.6 Å². The molecule has 0 aliphatic carbocycles. The van der Waals surface area contributed by atoms with E-state index >= 15 is 0 Å². The van der Waals surface area contributed by atoms with Crippen LogP contribution in [0, 0.1) is 0 Å². The first kappa shape index (κ1) is 48.4. The molecule has 0 aliphatic rings. The maximum atomic E-state index is 6.88. The van der Waals surface area contributed by atoms with E-state index in [0.29, 0.717) is 5.92 Å². The highest BCUT2D eigenvalue weighted by molar-refractivity contribution is 6.14. The third-order valence-corrected chi connectivity index (χ3v) is 15.1. The summed E-state index contributed by atoms with van der Waals surface area (Å²) in [7, 11) is 0. The van der Waals surface area contributed by atoms with Crippen LogP contribution in [0.25, 0.3) is 65.7 Å². The highest BCUT2D eigenvalue weighted by Gasteiger charge is 2.23. The van der Waals surface area contributed by atoms with Gasteiger partial charge in [-0.15, -0.1) is 0 Å². The average Bonchev–Trinajstić information content (AvgIpc) is 3.73. The second kappa shape index (κ2) is 18.6. The summed E-state index contributed by atoms with van der Waals surface area (Å²) in [5, 5.41) is 6.80. The van der Waals surface area contributed by atoms with Crippen molar-refractivity contribution in [1.82, 2.24) is 0 Å². The normalized spacial score (nSPS) is 12.4. The highest BCUT2D eigenvalue weighted by atomic mass is 16.3. The Hall–Kier alpha value is -7.88. The number of furan rings is 1. The first-order chi connectivity index (χ1) is 35.4. The molecule has 74 heavy (non-hydrogen) atoms. The van der Waals surface area contributed by atoms with E-state index in [1.54, 1.807) is 0 Å². The standard InChI is InChI=1S/C71H68N2O/c1-46(2)47-20-22-48(23-21-47)61-16-12-14-18-65(61)72(57-36-30-55(31-37-57)70(6,7)8)59-34-26-50-42-63-64-43-51-27-35-60(41-53(51)45-68(64)74-67(63)44-52(50)40-59)73(58-38-32-56(33-39-58)71(9,10)11)66-19-15-13-17-62(66)49-24-28-54(29-25-49)69(3,4)5/h12-46H,1-11H3. The van der Waals surface area contributed by atoms with Crippen molar-refractivity contribution in [3.63, 3.8) is 0 Å². The lowest BCUT2D eigenvalue weighted by Crippen LogP contribution is -2.14. The number of nitrogens with zero attached hydrogens (tertiary/aromatic N) is 2. The van der Waals surface area contributed by atoms with Gasteiger partial charge >= 0.3 is 0 Å². The van der Waals surface area contributed by atoms with Crippen LogP contribution in [0.15, 0.2) is 211 Å². The Bertz CT molecular complexity index is 3840. The van der Waals surface area contributed by atoms with Gasteiger partial charge in [-0.2, -0.15) is 0 Å². The van der Waals surface area contributed by atoms with Gasteiger partial charge < -0.3 is 14.2 Å². The lowest BCUT2D eigenvalue weighted by Gasteiger charge is -2.29. The van der Waals surface area contributed by atoms with Crippen LogP contribution in [0.4, 0.5) is 34.1 Å². The van der Waals surface area contributed by atoms with Gasteiger partial charge in [-0.05, 0) is 162 Å². The van der Waals surface area contributed by atoms with E-state index in [2.05, 4.69) is 292 Å².